The lowest BCUT2D eigenvalue weighted by atomic mass is 9.72. The molecule has 2 aliphatic rings. The molecule has 0 aromatic rings. The van der Waals surface area contributed by atoms with Crippen LogP contribution >= 0.6 is 0 Å². The summed E-state index contributed by atoms with van der Waals surface area (Å²) in [5.41, 5.74) is 0.417. The van der Waals surface area contributed by atoms with Crippen LogP contribution in [-0.4, -0.2) is 61.7 Å². The van der Waals surface area contributed by atoms with Crippen LogP contribution in [0.25, 0.3) is 0 Å². The standard InChI is InChI=1S/C17H33NO3/c1-17(2,3)14-4-6-16(7-5-14)21-13-15(19)12-18-8-10-20-11-9-18/h14-16,19H,4-13H2,1-3H3/t14?,15-,16?/m0/s1. The van der Waals surface area contributed by atoms with Crippen molar-refractivity contribution in [3.8, 4) is 0 Å². The van der Waals surface area contributed by atoms with Crippen LogP contribution in [-0.2, 0) is 9.47 Å². The summed E-state index contributed by atoms with van der Waals surface area (Å²) in [5.74, 6) is 0.815. The van der Waals surface area contributed by atoms with Crippen molar-refractivity contribution in [1.82, 2.24) is 4.90 Å². The number of nitrogens with zero attached hydrogens (tertiary/aromatic N) is 1. The lowest BCUT2D eigenvalue weighted by molar-refractivity contribution is -0.0528. The van der Waals surface area contributed by atoms with Crippen molar-refractivity contribution in [1.29, 1.82) is 0 Å². The van der Waals surface area contributed by atoms with Gasteiger partial charge in [-0.05, 0) is 37.0 Å². The number of hydrogen-bond acceptors (Lipinski definition) is 4. The average molecular weight is 299 g/mol. The van der Waals surface area contributed by atoms with E-state index in [0.29, 0.717) is 24.7 Å². The summed E-state index contributed by atoms with van der Waals surface area (Å²) in [6, 6.07) is 0. The van der Waals surface area contributed by atoms with Gasteiger partial charge >= 0.3 is 0 Å². The summed E-state index contributed by atoms with van der Waals surface area (Å²) in [5, 5.41) is 10.1. The van der Waals surface area contributed by atoms with Gasteiger partial charge in [-0.25, -0.2) is 0 Å². The first-order valence-electron chi connectivity index (χ1n) is 8.55. The van der Waals surface area contributed by atoms with Crippen LogP contribution in [0.4, 0.5) is 0 Å². The molecule has 2 fully saturated rings. The normalized spacial score (nSPS) is 30.3. The van der Waals surface area contributed by atoms with E-state index in [1.165, 1.54) is 12.8 Å². The van der Waals surface area contributed by atoms with Crippen LogP contribution in [0.15, 0.2) is 0 Å². The van der Waals surface area contributed by atoms with E-state index in [9.17, 15) is 5.11 Å². The molecule has 0 aromatic heterocycles. The Morgan fingerprint density at radius 1 is 1.14 bits per heavy atom. The van der Waals surface area contributed by atoms with Gasteiger partial charge in [-0.2, -0.15) is 0 Å². The maximum absolute atomic E-state index is 10.1. The monoisotopic (exact) mass is 299 g/mol. The minimum absolute atomic E-state index is 0.350. The third-order valence-electron chi connectivity index (χ3n) is 5.00. The molecule has 2 rings (SSSR count). The number of aliphatic hydroxyl groups excluding tert-OH is 1. The number of morpholine rings is 1. The topological polar surface area (TPSA) is 41.9 Å². The molecule has 1 aliphatic heterocycles. The molecule has 21 heavy (non-hydrogen) atoms. The molecule has 4 heteroatoms. The van der Waals surface area contributed by atoms with E-state index in [2.05, 4.69) is 25.7 Å². The van der Waals surface area contributed by atoms with E-state index in [1.54, 1.807) is 0 Å². The minimum atomic E-state index is -0.372. The molecule has 0 unspecified atom stereocenters. The average Bonchev–Trinajstić information content (AvgIpc) is 2.46. The number of rotatable bonds is 5. The third kappa shape index (κ3) is 5.85. The summed E-state index contributed by atoms with van der Waals surface area (Å²) in [4.78, 5) is 2.26. The Morgan fingerprint density at radius 3 is 2.33 bits per heavy atom. The van der Waals surface area contributed by atoms with E-state index >= 15 is 0 Å². The van der Waals surface area contributed by atoms with Crippen molar-refractivity contribution in [3.05, 3.63) is 0 Å². The molecule has 1 heterocycles. The molecule has 0 spiro atoms. The van der Waals surface area contributed by atoms with Gasteiger partial charge < -0.3 is 14.6 Å². The van der Waals surface area contributed by atoms with Crippen molar-refractivity contribution >= 4 is 0 Å². The van der Waals surface area contributed by atoms with Crippen molar-refractivity contribution in [2.24, 2.45) is 11.3 Å². The molecule has 1 N–H and O–H groups in total. The van der Waals surface area contributed by atoms with E-state index < -0.39 is 0 Å². The Labute approximate surface area is 129 Å². The fourth-order valence-corrected chi connectivity index (χ4v) is 3.48. The Kier molecular flexibility index (Phi) is 6.48. The molecule has 1 saturated heterocycles. The second kappa shape index (κ2) is 7.91. The van der Waals surface area contributed by atoms with Gasteiger partial charge in [-0.3, -0.25) is 4.90 Å². The van der Waals surface area contributed by atoms with Crippen LogP contribution < -0.4 is 0 Å². The Hall–Kier alpha value is -0.160. The lowest BCUT2D eigenvalue weighted by Crippen LogP contribution is -2.42. The van der Waals surface area contributed by atoms with Crippen molar-refractivity contribution in [2.75, 3.05) is 39.5 Å². The maximum atomic E-state index is 10.1. The summed E-state index contributed by atoms with van der Waals surface area (Å²) in [6.07, 6.45) is 4.78. The molecule has 124 valence electrons. The Bertz CT molecular complexity index is 289. The number of β-amino-alcohol motifs (C(OH)–C–C–N with tert-alkyl or cyclic N) is 1. The van der Waals surface area contributed by atoms with Gasteiger partial charge in [0.15, 0.2) is 0 Å². The number of aliphatic hydroxyl groups is 1. The van der Waals surface area contributed by atoms with Crippen LogP contribution in [0.1, 0.15) is 46.5 Å². The zero-order valence-corrected chi connectivity index (χ0v) is 14.0. The Morgan fingerprint density at radius 2 is 1.76 bits per heavy atom. The largest absolute Gasteiger partial charge is 0.389 e. The quantitative estimate of drug-likeness (QED) is 0.846. The highest BCUT2D eigenvalue weighted by Crippen LogP contribution is 2.38. The summed E-state index contributed by atoms with van der Waals surface area (Å²) >= 11 is 0. The first-order chi connectivity index (χ1) is 9.95. The van der Waals surface area contributed by atoms with E-state index in [4.69, 9.17) is 9.47 Å². The minimum Gasteiger partial charge on any atom is -0.389 e. The molecule has 1 saturated carbocycles. The molecule has 4 nitrogen and oxygen atoms in total. The van der Waals surface area contributed by atoms with Crippen LogP contribution in [0.5, 0.6) is 0 Å². The highest BCUT2D eigenvalue weighted by atomic mass is 16.5. The second-order valence-corrected chi connectivity index (χ2v) is 7.74. The predicted octanol–water partition coefficient (Wildman–Crippen LogP) is 2.30. The number of ether oxygens (including phenoxy) is 2. The zero-order valence-electron chi connectivity index (χ0n) is 14.0. The molecule has 0 radical (unpaired) electrons. The fraction of sp³-hybridized carbons (Fsp3) is 1.00. The summed E-state index contributed by atoms with van der Waals surface area (Å²) in [7, 11) is 0. The zero-order chi connectivity index (χ0) is 15.3. The van der Waals surface area contributed by atoms with Crippen molar-refractivity contribution in [3.63, 3.8) is 0 Å². The van der Waals surface area contributed by atoms with Crippen molar-refractivity contribution < 1.29 is 14.6 Å². The van der Waals surface area contributed by atoms with Crippen LogP contribution in [0, 0.1) is 11.3 Å². The van der Waals surface area contributed by atoms with Gasteiger partial charge in [0.2, 0.25) is 0 Å². The van der Waals surface area contributed by atoms with Gasteiger partial charge in [-0.1, -0.05) is 20.8 Å². The first-order valence-corrected chi connectivity index (χ1v) is 8.55. The molecular weight excluding hydrogens is 266 g/mol. The second-order valence-electron chi connectivity index (χ2n) is 7.74. The Balaban J connectivity index is 1.60. The molecule has 1 aliphatic carbocycles. The SMILES string of the molecule is CC(C)(C)C1CCC(OC[C@@H](O)CN2CCOCC2)CC1. The smallest absolute Gasteiger partial charge is 0.0900 e. The molecule has 0 aromatic carbocycles. The molecule has 0 amide bonds. The predicted molar refractivity (Wildman–Crippen MR) is 84.4 cm³/mol. The van der Waals surface area contributed by atoms with Crippen LogP contribution in [0.2, 0.25) is 0 Å². The van der Waals surface area contributed by atoms with Gasteiger partial charge in [-0.15, -0.1) is 0 Å². The van der Waals surface area contributed by atoms with Gasteiger partial charge in [0.05, 0.1) is 32.0 Å². The fourth-order valence-electron chi connectivity index (χ4n) is 3.48. The molecule has 0 bridgehead atoms. The van der Waals surface area contributed by atoms with Crippen molar-refractivity contribution in [2.45, 2.75) is 58.7 Å². The third-order valence-corrected chi connectivity index (χ3v) is 5.00. The molecular formula is C17H33NO3. The lowest BCUT2D eigenvalue weighted by Gasteiger charge is -2.37. The first kappa shape index (κ1) is 17.2. The van der Waals surface area contributed by atoms with E-state index in [0.717, 1.165) is 45.1 Å². The van der Waals surface area contributed by atoms with Crippen LogP contribution in [0.3, 0.4) is 0 Å². The van der Waals surface area contributed by atoms with Gasteiger partial charge in [0, 0.05) is 19.6 Å². The summed E-state index contributed by atoms with van der Waals surface area (Å²) < 4.78 is 11.3. The van der Waals surface area contributed by atoms with Gasteiger partial charge in [0.1, 0.15) is 0 Å². The van der Waals surface area contributed by atoms with E-state index in [1.807, 2.05) is 0 Å². The van der Waals surface area contributed by atoms with E-state index in [-0.39, 0.29) is 6.10 Å². The van der Waals surface area contributed by atoms with Gasteiger partial charge in [0.25, 0.3) is 0 Å². The highest BCUT2D eigenvalue weighted by molar-refractivity contribution is 4.81. The molecule has 1 atom stereocenters. The maximum Gasteiger partial charge on any atom is 0.0900 e. The number of hydrogen-bond donors (Lipinski definition) is 1. The highest BCUT2D eigenvalue weighted by Gasteiger charge is 2.30. The summed E-state index contributed by atoms with van der Waals surface area (Å²) in [6.45, 7) is 11.6.